The van der Waals surface area contributed by atoms with E-state index < -0.39 is 0 Å². The molecule has 0 aromatic heterocycles. The summed E-state index contributed by atoms with van der Waals surface area (Å²) in [5.74, 6) is 3.89. The molecule has 1 fully saturated rings. The van der Waals surface area contributed by atoms with Crippen LogP contribution in [0.4, 0.5) is 0 Å². The van der Waals surface area contributed by atoms with Crippen LogP contribution in [0, 0.1) is 55.4 Å². The number of aryl methyl sites for hydroxylation is 8. The molecule has 0 amide bonds. The second-order valence-corrected chi connectivity index (χ2v) is 13.7. The molecule has 0 heterocycles. The Bertz CT molecular complexity index is 1420. The highest BCUT2D eigenvalue weighted by molar-refractivity contribution is 5.57. The normalized spacial score (nSPS) is 15.4. The zero-order valence-corrected chi connectivity index (χ0v) is 30.1. The lowest BCUT2D eigenvalue weighted by Gasteiger charge is -2.49. The van der Waals surface area contributed by atoms with E-state index in [9.17, 15) is 0 Å². The molecule has 4 heteroatoms. The zero-order valence-electron chi connectivity index (χ0n) is 30.1. The van der Waals surface area contributed by atoms with Crippen LogP contribution >= 0.6 is 0 Å². The Labute approximate surface area is 277 Å². The van der Waals surface area contributed by atoms with Gasteiger partial charge in [-0.1, -0.05) is 48.5 Å². The molecular weight excluding hydrogens is 568 g/mol. The number of hydrogen-bond donors (Lipinski definition) is 0. The molecule has 4 nitrogen and oxygen atoms in total. The molecule has 4 aromatic rings. The minimum atomic E-state index is -0.166. The predicted molar refractivity (Wildman–Crippen MR) is 190 cm³/mol. The number of ether oxygens (including phenoxy) is 4. The summed E-state index contributed by atoms with van der Waals surface area (Å²) < 4.78 is 23.3. The van der Waals surface area contributed by atoms with Crippen LogP contribution in [-0.4, -0.2) is 28.4 Å². The molecule has 46 heavy (non-hydrogen) atoms. The van der Waals surface area contributed by atoms with Gasteiger partial charge in [0.05, 0.1) is 28.4 Å². The van der Waals surface area contributed by atoms with Gasteiger partial charge in [0.25, 0.3) is 0 Å². The van der Waals surface area contributed by atoms with E-state index in [4.69, 9.17) is 18.9 Å². The average molecular weight is 621 g/mol. The summed E-state index contributed by atoms with van der Waals surface area (Å²) in [5.41, 5.74) is 14.6. The maximum atomic E-state index is 5.82. The monoisotopic (exact) mass is 620 g/mol. The van der Waals surface area contributed by atoms with E-state index in [1.54, 1.807) is 28.4 Å². The molecule has 244 valence electrons. The molecule has 0 unspecified atom stereocenters. The van der Waals surface area contributed by atoms with E-state index >= 15 is 0 Å². The summed E-state index contributed by atoms with van der Waals surface area (Å²) in [6.07, 6.45) is 3.99. The van der Waals surface area contributed by atoms with Crippen LogP contribution in [0.1, 0.15) is 92.4 Å². The lowest BCUT2D eigenvalue weighted by molar-refractivity contribution is 0.255. The van der Waals surface area contributed by atoms with Gasteiger partial charge in [-0.25, -0.2) is 0 Å². The first-order valence-corrected chi connectivity index (χ1v) is 16.5. The second kappa shape index (κ2) is 12.7. The molecule has 1 aliphatic rings. The van der Waals surface area contributed by atoms with Crippen molar-refractivity contribution in [2.45, 2.75) is 91.9 Å². The van der Waals surface area contributed by atoms with Crippen molar-refractivity contribution in [1.29, 1.82) is 0 Å². The molecule has 0 saturated heterocycles. The summed E-state index contributed by atoms with van der Waals surface area (Å²) in [4.78, 5) is 0. The van der Waals surface area contributed by atoms with Crippen molar-refractivity contribution in [1.82, 2.24) is 0 Å². The van der Waals surface area contributed by atoms with Gasteiger partial charge in [-0.15, -0.1) is 0 Å². The number of rotatable bonds is 8. The smallest absolute Gasteiger partial charge is 0.124 e. The van der Waals surface area contributed by atoms with E-state index in [2.05, 4.69) is 104 Å². The first kappa shape index (κ1) is 33.4. The van der Waals surface area contributed by atoms with Crippen LogP contribution in [0.3, 0.4) is 0 Å². The third-order valence-corrected chi connectivity index (χ3v) is 10.8. The lowest BCUT2D eigenvalue weighted by Crippen LogP contribution is -2.41. The molecule has 5 rings (SSSR count). The SMILES string of the molecule is COc1c(C)cc(C2(c3cc(C)c(OC)c(C)c3)CCC(c3cc(C)c(OC)c(C)c3)(c3cc(C)c(OC)c(C)c3)CC2)cc1C. The van der Waals surface area contributed by atoms with E-state index in [-0.39, 0.29) is 10.8 Å². The molecule has 0 aliphatic heterocycles. The predicted octanol–water partition coefficient (Wildman–Crippen LogP) is 10.0. The van der Waals surface area contributed by atoms with Crippen LogP contribution < -0.4 is 18.9 Å². The lowest BCUT2D eigenvalue weighted by atomic mass is 9.54. The molecule has 0 atom stereocenters. The molecule has 4 aromatic carbocycles. The van der Waals surface area contributed by atoms with Gasteiger partial charge >= 0.3 is 0 Å². The van der Waals surface area contributed by atoms with Crippen molar-refractivity contribution in [3.05, 3.63) is 115 Å². The Morgan fingerprint density at radius 3 is 0.609 bits per heavy atom. The van der Waals surface area contributed by atoms with Gasteiger partial charge in [-0.2, -0.15) is 0 Å². The Morgan fingerprint density at radius 1 is 0.326 bits per heavy atom. The summed E-state index contributed by atoms with van der Waals surface area (Å²) >= 11 is 0. The third-order valence-electron chi connectivity index (χ3n) is 10.8. The fourth-order valence-electron chi connectivity index (χ4n) is 8.79. The third kappa shape index (κ3) is 5.44. The van der Waals surface area contributed by atoms with Crippen molar-refractivity contribution >= 4 is 0 Å². The molecule has 0 N–H and O–H groups in total. The van der Waals surface area contributed by atoms with Gasteiger partial charge in [0.15, 0.2) is 0 Å². The van der Waals surface area contributed by atoms with Gasteiger partial charge in [0.2, 0.25) is 0 Å². The molecular formula is C42H52O4. The maximum absolute atomic E-state index is 5.82. The van der Waals surface area contributed by atoms with Gasteiger partial charge < -0.3 is 18.9 Å². The summed E-state index contributed by atoms with van der Waals surface area (Å²) in [5, 5.41) is 0. The van der Waals surface area contributed by atoms with Crippen LogP contribution in [0.2, 0.25) is 0 Å². The van der Waals surface area contributed by atoms with Crippen molar-refractivity contribution < 1.29 is 18.9 Å². The van der Waals surface area contributed by atoms with Gasteiger partial charge in [0, 0.05) is 10.8 Å². The topological polar surface area (TPSA) is 36.9 Å². The Hall–Kier alpha value is -3.92. The van der Waals surface area contributed by atoms with Crippen molar-refractivity contribution in [2.24, 2.45) is 0 Å². The van der Waals surface area contributed by atoms with E-state index in [0.29, 0.717) is 0 Å². The summed E-state index contributed by atoms with van der Waals surface area (Å²) in [6, 6.07) is 19.0. The highest BCUT2D eigenvalue weighted by Crippen LogP contribution is 2.56. The van der Waals surface area contributed by atoms with Gasteiger partial charge in [0.1, 0.15) is 23.0 Å². The van der Waals surface area contributed by atoms with E-state index in [1.165, 1.54) is 66.8 Å². The minimum absolute atomic E-state index is 0.166. The van der Waals surface area contributed by atoms with Crippen molar-refractivity contribution in [2.75, 3.05) is 28.4 Å². The Morgan fingerprint density at radius 2 is 0.478 bits per heavy atom. The van der Waals surface area contributed by atoms with Crippen LogP contribution in [0.15, 0.2) is 48.5 Å². The second-order valence-electron chi connectivity index (χ2n) is 13.7. The minimum Gasteiger partial charge on any atom is -0.496 e. The first-order chi connectivity index (χ1) is 21.8. The molecule has 0 spiro atoms. The van der Waals surface area contributed by atoms with Crippen LogP contribution in [-0.2, 0) is 10.8 Å². The van der Waals surface area contributed by atoms with Crippen molar-refractivity contribution in [3.8, 4) is 23.0 Å². The van der Waals surface area contributed by atoms with Crippen molar-refractivity contribution in [3.63, 3.8) is 0 Å². The quantitative estimate of drug-likeness (QED) is 0.196. The maximum Gasteiger partial charge on any atom is 0.124 e. The van der Waals surface area contributed by atoms with Gasteiger partial charge in [-0.05, 0) is 148 Å². The zero-order chi connectivity index (χ0) is 33.6. The van der Waals surface area contributed by atoms with E-state index in [0.717, 1.165) is 48.7 Å². The average Bonchev–Trinajstić information content (AvgIpc) is 3.00. The standard InChI is InChI=1S/C42H52O4/c1-25-17-33(18-26(2)37(25)43-9)41(34-19-27(3)38(44-10)28(4)20-34)13-15-42(16-14-41,35-21-29(5)39(45-11)30(6)22-35)36-23-31(7)40(46-12)32(8)24-36/h17-24H,13-16H2,1-12H3. The van der Waals surface area contributed by atoms with E-state index in [1.807, 2.05) is 0 Å². The molecule has 1 saturated carbocycles. The Kier molecular flexibility index (Phi) is 9.23. The number of benzene rings is 4. The highest BCUT2D eigenvalue weighted by atomic mass is 16.5. The molecule has 0 radical (unpaired) electrons. The molecule has 1 aliphatic carbocycles. The van der Waals surface area contributed by atoms with Gasteiger partial charge in [-0.3, -0.25) is 0 Å². The fourth-order valence-corrected chi connectivity index (χ4v) is 8.79. The van der Waals surface area contributed by atoms with Crippen LogP contribution in [0.5, 0.6) is 23.0 Å². The summed E-state index contributed by atoms with van der Waals surface area (Å²) in [6.45, 7) is 17.4. The fraction of sp³-hybridized carbons (Fsp3) is 0.429. The largest absolute Gasteiger partial charge is 0.496 e. The van der Waals surface area contributed by atoms with Crippen LogP contribution in [0.25, 0.3) is 0 Å². The number of hydrogen-bond acceptors (Lipinski definition) is 4. The number of methoxy groups -OCH3 is 4. The Balaban J connectivity index is 1.75. The first-order valence-electron chi connectivity index (χ1n) is 16.5. The molecule has 0 bridgehead atoms. The highest BCUT2D eigenvalue weighted by Gasteiger charge is 2.47. The summed E-state index contributed by atoms with van der Waals surface area (Å²) in [7, 11) is 7.09.